The molecule has 1 aliphatic carbocycles. The van der Waals surface area contributed by atoms with Crippen LogP contribution in [0.25, 0.3) is 0 Å². The van der Waals surface area contributed by atoms with Crippen molar-refractivity contribution in [1.82, 2.24) is 15.3 Å². The Hall–Kier alpha value is -1.65. The van der Waals surface area contributed by atoms with Gasteiger partial charge in [-0.1, -0.05) is 26.7 Å². The fourth-order valence-corrected chi connectivity index (χ4v) is 3.24. The lowest BCUT2D eigenvalue weighted by Gasteiger charge is -2.30. The molecule has 0 atom stereocenters. The quantitative estimate of drug-likeness (QED) is 0.796. The largest absolute Gasteiger partial charge is 0.460 e. The molecule has 128 valence electrons. The highest BCUT2D eigenvalue weighted by Gasteiger charge is 2.26. The van der Waals surface area contributed by atoms with Gasteiger partial charge in [0.25, 0.3) is 0 Å². The molecule has 5 heteroatoms. The van der Waals surface area contributed by atoms with E-state index in [-0.39, 0.29) is 24.0 Å². The third kappa shape index (κ3) is 5.81. The van der Waals surface area contributed by atoms with Gasteiger partial charge < -0.3 is 10.1 Å². The summed E-state index contributed by atoms with van der Waals surface area (Å²) in [5, 5.41) is 3.25. The van der Waals surface area contributed by atoms with E-state index in [1.807, 2.05) is 0 Å². The van der Waals surface area contributed by atoms with Crippen LogP contribution in [-0.4, -0.2) is 28.0 Å². The lowest BCUT2D eigenvalue weighted by molar-refractivity contribution is -0.126. The van der Waals surface area contributed by atoms with E-state index in [0.29, 0.717) is 6.01 Å². The molecule has 2 rings (SSSR count). The summed E-state index contributed by atoms with van der Waals surface area (Å²) in [6.07, 6.45) is 11.5. The molecule has 0 aromatic carbocycles. The fourth-order valence-electron chi connectivity index (χ4n) is 3.24. The van der Waals surface area contributed by atoms with Crippen LogP contribution in [0.4, 0.5) is 0 Å². The standard InChI is InChI=1S/C18H29N3O2/c1-3-6-14(7-4-2)17(22)21-15-8-10-16(11-9-15)23-18-19-12-5-13-20-18/h5,12-16H,3-4,6-11H2,1-2H3,(H,21,22). The highest BCUT2D eigenvalue weighted by Crippen LogP contribution is 2.23. The van der Waals surface area contributed by atoms with Gasteiger partial charge in [-0.25, -0.2) is 9.97 Å². The first-order valence-electron chi connectivity index (χ1n) is 8.97. The average molecular weight is 319 g/mol. The number of carbonyl (C=O) groups is 1. The Morgan fingerprint density at radius 2 is 1.78 bits per heavy atom. The van der Waals surface area contributed by atoms with Gasteiger partial charge in [0.2, 0.25) is 5.91 Å². The lowest BCUT2D eigenvalue weighted by atomic mass is 9.91. The number of carbonyl (C=O) groups excluding carboxylic acids is 1. The summed E-state index contributed by atoms with van der Waals surface area (Å²) in [6.45, 7) is 4.29. The van der Waals surface area contributed by atoms with E-state index in [1.54, 1.807) is 18.5 Å². The Bertz CT molecular complexity index is 453. The van der Waals surface area contributed by atoms with Crippen molar-refractivity contribution in [3.8, 4) is 6.01 Å². The fraction of sp³-hybridized carbons (Fsp3) is 0.722. The van der Waals surface area contributed by atoms with Crippen LogP contribution in [0.2, 0.25) is 0 Å². The first-order chi connectivity index (χ1) is 11.2. The number of aromatic nitrogens is 2. The van der Waals surface area contributed by atoms with E-state index in [2.05, 4.69) is 29.1 Å². The number of nitrogens with zero attached hydrogens (tertiary/aromatic N) is 2. The molecule has 0 radical (unpaired) electrons. The summed E-state index contributed by atoms with van der Waals surface area (Å²) >= 11 is 0. The van der Waals surface area contributed by atoms with Crippen LogP contribution in [0.15, 0.2) is 18.5 Å². The molecule has 0 saturated heterocycles. The van der Waals surface area contributed by atoms with Crippen LogP contribution in [0, 0.1) is 5.92 Å². The van der Waals surface area contributed by atoms with Crippen molar-refractivity contribution in [1.29, 1.82) is 0 Å². The van der Waals surface area contributed by atoms with Crippen LogP contribution >= 0.6 is 0 Å². The second kappa shape index (κ2) is 9.48. The Labute approximate surface area is 139 Å². The van der Waals surface area contributed by atoms with Gasteiger partial charge in [-0.05, 0) is 44.6 Å². The summed E-state index contributed by atoms with van der Waals surface area (Å²) in [5.41, 5.74) is 0. The van der Waals surface area contributed by atoms with Crippen molar-refractivity contribution in [3.05, 3.63) is 18.5 Å². The molecule has 1 amide bonds. The molecule has 1 fully saturated rings. The Morgan fingerprint density at radius 3 is 2.35 bits per heavy atom. The van der Waals surface area contributed by atoms with Crippen molar-refractivity contribution >= 4 is 5.91 Å². The van der Waals surface area contributed by atoms with Gasteiger partial charge in [-0.2, -0.15) is 0 Å². The molecule has 0 unspecified atom stereocenters. The molecule has 23 heavy (non-hydrogen) atoms. The van der Waals surface area contributed by atoms with Gasteiger partial charge in [0.05, 0.1) is 0 Å². The molecular formula is C18H29N3O2. The predicted octanol–water partition coefficient (Wildman–Crippen LogP) is 3.50. The van der Waals surface area contributed by atoms with Gasteiger partial charge in [-0.15, -0.1) is 0 Å². The smallest absolute Gasteiger partial charge is 0.316 e. The summed E-state index contributed by atoms with van der Waals surface area (Å²) < 4.78 is 5.80. The number of nitrogens with one attached hydrogen (secondary N) is 1. The number of ether oxygens (including phenoxy) is 1. The molecule has 0 aliphatic heterocycles. The topological polar surface area (TPSA) is 64.1 Å². The normalized spacial score (nSPS) is 21.2. The van der Waals surface area contributed by atoms with E-state index in [4.69, 9.17) is 4.74 Å². The van der Waals surface area contributed by atoms with E-state index < -0.39 is 0 Å². The van der Waals surface area contributed by atoms with Crippen molar-refractivity contribution in [2.24, 2.45) is 5.92 Å². The number of hydrogen-bond acceptors (Lipinski definition) is 4. The molecule has 1 heterocycles. The van der Waals surface area contributed by atoms with Crippen LogP contribution in [0.5, 0.6) is 6.01 Å². The molecule has 1 aliphatic rings. The van der Waals surface area contributed by atoms with E-state index in [9.17, 15) is 4.79 Å². The first-order valence-corrected chi connectivity index (χ1v) is 8.97. The zero-order valence-electron chi connectivity index (χ0n) is 14.3. The number of rotatable bonds is 8. The minimum absolute atomic E-state index is 0.160. The van der Waals surface area contributed by atoms with Gasteiger partial charge in [0, 0.05) is 24.4 Å². The SMILES string of the molecule is CCCC(CCC)C(=O)NC1CCC(Oc2ncccn2)CC1. The second-order valence-corrected chi connectivity index (χ2v) is 6.41. The lowest BCUT2D eigenvalue weighted by Crippen LogP contribution is -2.42. The van der Waals surface area contributed by atoms with Gasteiger partial charge >= 0.3 is 6.01 Å². The van der Waals surface area contributed by atoms with Crippen LogP contribution in [0.3, 0.4) is 0 Å². The monoisotopic (exact) mass is 319 g/mol. The van der Waals surface area contributed by atoms with E-state index in [1.165, 1.54) is 0 Å². The minimum Gasteiger partial charge on any atom is -0.460 e. The third-order valence-electron chi connectivity index (χ3n) is 4.48. The van der Waals surface area contributed by atoms with E-state index >= 15 is 0 Å². The van der Waals surface area contributed by atoms with Crippen LogP contribution in [-0.2, 0) is 4.79 Å². The summed E-state index contributed by atoms with van der Waals surface area (Å²) in [5.74, 6) is 0.418. The van der Waals surface area contributed by atoms with Crippen molar-refractivity contribution < 1.29 is 9.53 Å². The van der Waals surface area contributed by atoms with Gasteiger partial charge in [0.1, 0.15) is 6.10 Å². The molecule has 1 saturated carbocycles. The highest BCUT2D eigenvalue weighted by molar-refractivity contribution is 5.78. The molecule has 1 aromatic heterocycles. The predicted molar refractivity (Wildman–Crippen MR) is 90.2 cm³/mol. The van der Waals surface area contributed by atoms with Crippen molar-refractivity contribution in [3.63, 3.8) is 0 Å². The van der Waals surface area contributed by atoms with Gasteiger partial charge in [-0.3, -0.25) is 4.79 Å². The summed E-state index contributed by atoms with van der Waals surface area (Å²) in [7, 11) is 0. The van der Waals surface area contributed by atoms with Crippen LogP contribution < -0.4 is 10.1 Å². The molecule has 1 aromatic rings. The maximum Gasteiger partial charge on any atom is 0.316 e. The molecule has 1 N–H and O–H groups in total. The average Bonchev–Trinajstić information content (AvgIpc) is 2.57. The Morgan fingerprint density at radius 1 is 1.17 bits per heavy atom. The maximum atomic E-state index is 12.4. The molecular weight excluding hydrogens is 290 g/mol. The molecule has 0 bridgehead atoms. The first kappa shape index (κ1) is 17.7. The zero-order valence-corrected chi connectivity index (χ0v) is 14.3. The van der Waals surface area contributed by atoms with Gasteiger partial charge in [0.15, 0.2) is 0 Å². The highest BCUT2D eigenvalue weighted by atomic mass is 16.5. The Kier molecular flexibility index (Phi) is 7.30. The van der Waals surface area contributed by atoms with Crippen molar-refractivity contribution in [2.75, 3.05) is 0 Å². The summed E-state index contributed by atoms with van der Waals surface area (Å²) in [6, 6.07) is 2.52. The molecule has 0 spiro atoms. The van der Waals surface area contributed by atoms with Crippen LogP contribution in [0.1, 0.15) is 65.2 Å². The van der Waals surface area contributed by atoms with E-state index in [0.717, 1.165) is 51.4 Å². The maximum absolute atomic E-state index is 12.4. The third-order valence-corrected chi connectivity index (χ3v) is 4.48. The number of amides is 1. The van der Waals surface area contributed by atoms with Crippen molar-refractivity contribution in [2.45, 2.75) is 77.4 Å². The summed E-state index contributed by atoms with van der Waals surface area (Å²) in [4.78, 5) is 20.6. The zero-order chi connectivity index (χ0) is 16.5. The number of hydrogen-bond donors (Lipinski definition) is 1. The Balaban J connectivity index is 1.74. The minimum atomic E-state index is 0.160. The second-order valence-electron chi connectivity index (χ2n) is 6.41. The molecule has 5 nitrogen and oxygen atoms in total.